The Kier molecular flexibility index (Phi) is 2.38. The van der Waals surface area contributed by atoms with Crippen LogP contribution < -0.4 is 10.6 Å². The van der Waals surface area contributed by atoms with Crippen molar-refractivity contribution in [2.24, 2.45) is 0 Å². The molecular formula is C12H14N2O2. The summed E-state index contributed by atoms with van der Waals surface area (Å²) in [4.78, 5) is 11.2. The average molecular weight is 218 g/mol. The van der Waals surface area contributed by atoms with E-state index in [9.17, 15) is 4.79 Å². The maximum absolute atomic E-state index is 11.2. The first-order valence-electron chi connectivity index (χ1n) is 5.57. The lowest BCUT2D eigenvalue weighted by atomic mass is 10.0. The minimum atomic E-state index is 0.0833. The maximum Gasteiger partial charge on any atom is 0.228 e. The molecule has 1 unspecified atom stereocenters. The zero-order chi connectivity index (χ0) is 11.0. The lowest BCUT2D eigenvalue weighted by Gasteiger charge is -2.24. The SMILES string of the molecule is O=C1Cc2cc(C3COCCN3)ccc2N1. The number of rotatable bonds is 1. The third kappa shape index (κ3) is 1.70. The van der Waals surface area contributed by atoms with E-state index >= 15 is 0 Å². The Morgan fingerprint density at radius 3 is 3.12 bits per heavy atom. The number of carbonyl (C=O) groups excluding carboxylic acids is 1. The predicted molar refractivity (Wildman–Crippen MR) is 60.3 cm³/mol. The van der Waals surface area contributed by atoms with Crippen LogP contribution in [-0.2, 0) is 16.0 Å². The van der Waals surface area contributed by atoms with Gasteiger partial charge in [0.05, 0.1) is 25.7 Å². The van der Waals surface area contributed by atoms with E-state index in [1.54, 1.807) is 0 Å². The summed E-state index contributed by atoms with van der Waals surface area (Å²) < 4.78 is 5.43. The van der Waals surface area contributed by atoms with Crippen LogP contribution in [-0.4, -0.2) is 25.7 Å². The first-order chi connectivity index (χ1) is 7.83. The number of hydrogen-bond acceptors (Lipinski definition) is 3. The molecule has 3 rings (SSSR count). The molecule has 1 fully saturated rings. The molecule has 0 saturated carbocycles. The van der Waals surface area contributed by atoms with Gasteiger partial charge < -0.3 is 15.4 Å². The van der Waals surface area contributed by atoms with Gasteiger partial charge in [0, 0.05) is 12.2 Å². The summed E-state index contributed by atoms with van der Waals surface area (Å²) in [5.74, 6) is 0.0833. The minimum absolute atomic E-state index is 0.0833. The molecule has 2 N–H and O–H groups in total. The van der Waals surface area contributed by atoms with Crippen molar-refractivity contribution >= 4 is 11.6 Å². The van der Waals surface area contributed by atoms with Gasteiger partial charge in [0.15, 0.2) is 0 Å². The lowest BCUT2D eigenvalue weighted by Crippen LogP contribution is -2.34. The molecule has 1 aromatic rings. The molecule has 2 aliphatic rings. The van der Waals surface area contributed by atoms with Crippen molar-refractivity contribution in [1.29, 1.82) is 0 Å². The number of ether oxygens (including phenoxy) is 1. The Morgan fingerprint density at radius 1 is 1.38 bits per heavy atom. The Bertz CT molecular complexity index is 425. The van der Waals surface area contributed by atoms with Gasteiger partial charge in [-0.2, -0.15) is 0 Å². The fourth-order valence-corrected chi connectivity index (χ4v) is 2.25. The largest absolute Gasteiger partial charge is 0.378 e. The highest BCUT2D eigenvalue weighted by atomic mass is 16.5. The monoisotopic (exact) mass is 218 g/mol. The number of hydrogen-bond donors (Lipinski definition) is 2. The van der Waals surface area contributed by atoms with Crippen LogP contribution in [0.4, 0.5) is 5.69 Å². The summed E-state index contributed by atoms with van der Waals surface area (Å²) in [6.07, 6.45) is 0.497. The zero-order valence-corrected chi connectivity index (χ0v) is 8.95. The van der Waals surface area contributed by atoms with Gasteiger partial charge in [-0.1, -0.05) is 12.1 Å². The number of anilines is 1. The van der Waals surface area contributed by atoms with Crippen molar-refractivity contribution in [3.05, 3.63) is 29.3 Å². The summed E-state index contributed by atoms with van der Waals surface area (Å²) in [7, 11) is 0. The molecule has 0 spiro atoms. The molecule has 1 aromatic carbocycles. The Balaban J connectivity index is 1.86. The van der Waals surface area contributed by atoms with Gasteiger partial charge in [0.25, 0.3) is 0 Å². The number of fused-ring (bicyclic) bond motifs is 1. The van der Waals surface area contributed by atoms with Crippen LogP contribution in [0.15, 0.2) is 18.2 Å². The first kappa shape index (κ1) is 9.81. The van der Waals surface area contributed by atoms with Crippen LogP contribution in [0.2, 0.25) is 0 Å². The van der Waals surface area contributed by atoms with Gasteiger partial charge in [0.2, 0.25) is 5.91 Å². The van der Waals surface area contributed by atoms with Crippen LogP contribution in [0, 0.1) is 0 Å². The summed E-state index contributed by atoms with van der Waals surface area (Å²) in [5.41, 5.74) is 3.25. The van der Waals surface area contributed by atoms with E-state index in [4.69, 9.17) is 4.74 Å². The van der Waals surface area contributed by atoms with Crippen molar-refractivity contribution in [1.82, 2.24) is 5.32 Å². The molecule has 0 radical (unpaired) electrons. The standard InChI is InChI=1S/C12H14N2O2/c15-12-6-9-5-8(1-2-10(9)14-12)11-7-16-4-3-13-11/h1-2,5,11,13H,3-4,6-7H2,(H,14,15). The van der Waals surface area contributed by atoms with Crippen LogP contribution in [0.1, 0.15) is 17.2 Å². The van der Waals surface area contributed by atoms with Crippen molar-refractivity contribution < 1.29 is 9.53 Å². The van der Waals surface area contributed by atoms with Crippen LogP contribution >= 0.6 is 0 Å². The number of carbonyl (C=O) groups is 1. The van der Waals surface area contributed by atoms with E-state index in [-0.39, 0.29) is 11.9 Å². The van der Waals surface area contributed by atoms with Gasteiger partial charge in [0.1, 0.15) is 0 Å². The van der Waals surface area contributed by atoms with E-state index in [0.29, 0.717) is 13.0 Å². The van der Waals surface area contributed by atoms with Crippen molar-refractivity contribution in [3.63, 3.8) is 0 Å². The summed E-state index contributed by atoms with van der Waals surface area (Å²) in [5, 5.41) is 6.24. The highest BCUT2D eigenvalue weighted by Gasteiger charge is 2.21. The molecule has 1 amide bonds. The van der Waals surface area contributed by atoms with E-state index in [0.717, 1.165) is 24.4 Å². The van der Waals surface area contributed by atoms with Crippen LogP contribution in [0.5, 0.6) is 0 Å². The molecule has 4 nitrogen and oxygen atoms in total. The van der Waals surface area contributed by atoms with Crippen molar-refractivity contribution in [2.75, 3.05) is 25.1 Å². The van der Waals surface area contributed by atoms with E-state index < -0.39 is 0 Å². The average Bonchev–Trinajstić information content (AvgIpc) is 2.69. The van der Waals surface area contributed by atoms with E-state index in [1.807, 2.05) is 6.07 Å². The second-order valence-electron chi connectivity index (χ2n) is 4.22. The molecule has 84 valence electrons. The zero-order valence-electron chi connectivity index (χ0n) is 8.95. The molecule has 0 aliphatic carbocycles. The van der Waals surface area contributed by atoms with Crippen molar-refractivity contribution in [3.8, 4) is 0 Å². The van der Waals surface area contributed by atoms with E-state index in [2.05, 4.69) is 22.8 Å². The second-order valence-corrected chi connectivity index (χ2v) is 4.22. The fourth-order valence-electron chi connectivity index (χ4n) is 2.25. The van der Waals surface area contributed by atoms with Gasteiger partial charge >= 0.3 is 0 Å². The highest BCUT2D eigenvalue weighted by Crippen LogP contribution is 2.27. The normalized spacial score (nSPS) is 24.0. The predicted octanol–water partition coefficient (Wildman–Crippen LogP) is 0.842. The number of benzene rings is 1. The number of morpholine rings is 1. The van der Waals surface area contributed by atoms with Crippen LogP contribution in [0.3, 0.4) is 0 Å². The number of amides is 1. The van der Waals surface area contributed by atoms with Gasteiger partial charge in [-0.3, -0.25) is 4.79 Å². The van der Waals surface area contributed by atoms with Crippen LogP contribution in [0.25, 0.3) is 0 Å². The van der Waals surface area contributed by atoms with E-state index in [1.165, 1.54) is 5.56 Å². The lowest BCUT2D eigenvalue weighted by molar-refractivity contribution is -0.115. The maximum atomic E-state index is 11.2. The molecule has 16 heavy (non-hydrogen) atoms. The highest BCUT2D eigenvalue weighted by molar-refractivity contribution is 5.99. The summed E-state index contributed by atoms with van der Waals surface area (Å²) in [6, 6.07) is 6.39. The minimum Gasteiger partial charge on any atom is -0.378 e. The van der Waals surface area contributed by atoms with Gasteiger partial charge in [-0.15, -0.1) is 0 Å². The molecule has 1 saturated heterocycles. The van der Waals surface area contributed by atoms with Gasteiger partial charge in [-0.05, 0) is 17.2 Å². The molecule has 0 bridgehead atoms. The second kappa shape index (κ2) is 3.88. The molecule has 2 heterocycles. The van der Waals surface area contributed by atoms with Crippen molar-refractivity contribution in [2.45, 2.75) is 12.5 Å². The van der Waals surface area contributed by atoms with Gasteiger partial charge in [-0.25, -0.2) is 0 Å². The molecular weight excluding hydrogens is 204 g/mol. The molecule has 1 atom stereocenters. The third-order valence-electron chi connectivity index (χ3n) is 3.08. The third-order valence-corrected chi connectivity index (χ3v) is 3.08. The molecule has 0 aromatic heterocycles. The smallest absolute Gasteiger partial charge is 0.228 e. The number of nitrogens with one attached hydrogen (secondary N) is 2. The quantitative estimate of drug-likeness (QED) is 0.734. The Labute approximate surface area is 94.0 Å². The molecule has 2 aliphatic heterocycles. The fraction of sp³-hybridized carbons (Fsp3) is 0.417. The first-order valence-corrected chi connectivity index (χ1v) is 5.57. The topological polar surface area (TPSA) is 50.4 Å². The summed E-state index contributed by atoms with van der Waals surface area (Å²) in [6.45, 7) is 2.38. The molecule has 4 heteroatoms. The Hall–Kier alpha value is -1.39. The summed E-state index contributed by atoms with van der Waals surface area (Å²) >= 11 is 0. The Morgan fingerprint density at radius 2 is 2.31 bits per heavy atom.